The number of aromatic nitrogens is 4. The monoisotopic (exact) mass is 678 g/mol. The zero-order valence-electron chi connectivity index (χ0n) is 22.6. The second-order valence-corrected chi connectivity index (χ2v) is 11.9. The summed E-state index contributed by atoms with van der Waals surface area (Å²) >= 11 is 14.3. The number of hydroxylamine groups is 1. The summed E-state index contributed by atoms with van der Waals surface area (Å²) < 4.78 is 8.03. The Morgan fingerprint density at radius 2 is 1.88 bits per heavy atom. The van der Waals surface area contributed by atoms with Gasteiger partial charge < -0.3 is 29.7 Å². The average Bonchev–Trinajstić information content (AvgIpc) is 3.48. The minimum Gasteiger partial charge on any atom is -0.481 e. The zero-order valence-corrected chi connectivity index (χ0v) is 25.7. The maximum absolute atomic E-state index is 13.7. The topological polar surface area (TPSA) is 199 Å². The maximum atomic E-state index is 13.7. The largest absolute Gasteiger partial charge is 0.481 e. The van der Waals surface area contributed by atoms with E-state index in [0.29, 0.717) is 9.16 Å². The van der Waals surface area contributed by atoms with Crippen LogP contribution in [0.25, 0.3) is 0 Å². The summed E-state index contributed by atoms with van der Waals surface area (Å²) in [5, 5.41) is 22.6. The van der Waals surface area contributed by atoms with Gasteiger partial charge in [-0.05, 0) is 44.7 Å². The highest BCUT2D eigenvalue weighted by Gasteiger charge is 2.68. The summed E-state index contributed by atoms with van der Waals surface area (Å²) in [6.07, 6.45) is 1.32. The van der Waals surface area contributed by atoms with E-state index < -0.39 is 52.3 Å². The number of halogens is 2. The highest BCUT2D eigenvalue weighted by atomic mass is 35.5. The predicted molar refractivity (Wildman–Crippen MR) is 150 cm³/mol. The van der Waals surface area contributed by atoms with E-state index in [1.165, 1.54) is 46.7 Å². The second kappa shape index (κ2) is 13.1. The first-order valence-electron chi connectivity index (χ1n) is 12.1. The lowest BCUT2D eigenvalue weighted by Gasteiger charge is -2.59. The number of nitrogens with one attached hydrogen (secondary N) is 1. The first-order valence-corrected chi connectivity index (χ1v) is 14.8. The minimum atomic E-state index is -1.87. The van der Waals surface area contributed by atoms with Gasteiger partial charge in [0.1, 0.15) is 10.8 Å². The summed E-state index contributed by atoms with van der Waals surface area (Å²) in [4.78, 5) is 73.4. The number of carbonyl (C=O) groups excluding carboxylic acids is 4. The lowest BCUT2D eigenvalue weighted by atomic mass is 9.88. The Hall–Kier alpha value is -3.36. The van der Waals surface area contributed by atoms with Crippen molar-refractivity contribution in [3.8, 4) is 0 Å². The zero-order chi connectivity index (χ0) is 31.5. The Labute approximate surface area is 262 Å². The van der Waals surface area contributed by atoms with Gasteiger partial charge in [0, 0.05) is 50.8 Å². The number of amides is 2. The summed E-state index contributed by atoms with van der Waals surface area (Å²) in [5.74, 6) is -4.04. The molecule has 0 bridgehead atoms. The number of carboxylic acids is 1. The number of rotatable bonds is 12. The van der Waals surface area contributed by atoms with E-state index in [1.807, 2.05) is 0 Å². The summed E-state index contributed by atoms with van der Waals surface area (Å²) in [5.41, 5.74) is -2.79. The molecular weight excluding hydrogens is 655 g/mol. The van der Waals surface area contributed by atoms with E-state index >= 15 is 0 Å². The molecule has 3 heterocycles. The van der Waals surface area contributed by atoms with Crippen molar-refractivity contribution in [1.82, 2.24) is 34.4 Å². The number of nitrogens with zero attached hydrogens (tertiary/aromatic N) is 7. The molecule has 43 heavy (non-hydrogen) atoms. The predicted octanol–water partition coefficient (Wildman–Crippen LogP) is 0.728. The number of tetrazole rings is 1. The molecule has 0 aliphatic carbocycles. The molecule has 3 unspecified atom stereocenters. The van der Waals surface area contributed by atoms with Crippen molar-refractivity contribution >= 4 is 82.7 Å². The third-order valence-electron chi connectivity index (χ3n) is 6.38. The number of aliphatic carboxylic acids is 1. The number of hydrogen-bond donors (Lipinski definition) is 2. The van der Waals surface area contributed by atoms with Crippen LogP contribution in [-0.2, 0) is 38.4 Å². The molecular formula is C22H24Cl2N8O9S2. The van der Waals surface area contributed by atoms with E-state index in [2.05, 4.69) is 20.8 Å². The lowest BCUT2D eigenvalue weighted by Crippen LogP contribution is -2.83. The molecule has 0 radical (unpaired) electrons. The Bertz CT molecular complexity index is 1390. The van der Waals surface area contributed by atoms with Crippen molar-refractivity contribution in [1.29, 1.82) is 0 Å². The molecule has 4 atom stereocenters. The van der Waals surface area contributed by atoms with Crippen LogP contribution in [0.15, 0.2) is 30.6 Å². The first-order chi connectivity index (χ1) is 20.3. The van der Waals surface area contributed by atoms with E-state index in [0.717, 1.165) is 37.6 Å². The Morgan fingerprint density at radius 1 is 1.21 bits per heavy atom. The highest BCUT2D eigenvalue weighted by Crippen LogP contribution is 2.48. The fraction of sp³-hybridized carbons (Fsp3) is 0.455. The van der Waals surface area contributed by atoms with Crippen LogP contribution in [-0.4, -0.2) is 100 Å². The molecule has 21 heteroatoms. The molecule has 2 amide bonds. The van der Waals surface area contributed by atoms with Gasteiger partial charge in [0.2, 0.25) is 5.91 Å². The van der Waals surface area contributed by atoms with Gasteiger partial charge in [0.15, 0.2) is 12.4 Å². The second-order valence-electron chi connectivity index (χ2n) is 9.27. The van der Waals surface area contributed by atoms with Crippen molar-refractivity contribution in [2.45, 2.75) is 31.0 Å². The Morgan fingerprint density at radius 3 is 2.44 bits per heavy atom. The molecule has 2 aliphatic heterocycles. The van der Waals surface area contributed by atoms with E-state index in [4.69, 9.17) is 38.0 Å². The van der Waals surface area contributed by atoms with Crippen molar-refractivity contribution in [2.75, 3.05) is 29.7 Å². The number of thioether (sulfide) groups is 1. The van der Waals surface area contributed by atoms with Crippen molar-refractivity contribution < 1.29 is 43.5 Å². The van der Waals surface area contributed by atoms with Gasteiger partial charge in [-0.1, -0.05) is 12.1 Å². The van der Waals surface area contributed by atoms with Crippen molar-refractivity contribution in [2.24, 2.45) is 5.41 Å². The van der Waals surface area contributed by atoms with Gasteiger partial charge in [-0.3, -0.25) is 19.2 Å². The van der Waals surface area contributed by atoms with Crippen LogP contribution in [0.1, 0.15) is 25.5 Å². The van der Waals surface area contributed by atoms with Gasteiger partial charge in [-0.25, -0.2) is 4.79 Å². The normalized spacial score (nSPS) is 23.5. The van der Waals surface area contributed by atoms with Crippen LogP contribution < -0.4 is 9.90 Å². The third-order valence-corrected chi connectivity index (χ3v) is 9.64. The highest BCUT2D eigenvalue weighted by molar-refractivity contribution is 8.00. The third kappa shape index (κ3) is 6.60. The summed E-state index contributed by atoms with van der Waals surface area (Å²) in [7, 11) is 1.22. The number of benzene rings is 1. The Kier molecular flexibility index (Phi) is 9.92. The van der Waals surface area contributed by atoms with Crippen molar-refractivity contribution in [3.63, 3.8) is 0 Å². The van der Waals surface area contributed by atoms with Crippen LogP contribution in [0.5, 0.6) is 0 Å². The first kappa shape index (κ1) is 32.6. The van der Waals surface area contributed by atoms with Gasteiger partial charge in [-0.2, -0.15) is 4.09 Å². The number of methoxy groups -OCH3 is 1. The quantitative estimate of drug-likeness (QED) is 0.138. The van der Waals surface area contributed by atoms with E-state index in [-0.39, 0.29) is 29.3 Å². The van der Waals surface area contributed by atoms with Gasteiger partial charge in [-0.15, -0.1) is 21.4 Å². The van der Waals surface area contributed by atoms with Crippen LogP contribution >= 0.6 is 47.3 Å². The molecule has 232 valence electrons. The molecule has 2 N–H and O–H groups in total. The molecule has 2 saturated heterocycles. The molecule has 0 spiro atoms. The molecule has 2 aliphatic rings. The fourth-order valence-corrected chi connectivity index (χ4v) is 7.47. The standard InChI is InChI=1S/C22H24Cl2N8O9S2/c1-12(33)40-31(23)15-6-4-14(5-7-15)16(32(24)41-13(2)34)17(35)26-22(39-3)18(36)29-8-21(20(37)38,9-42-19(22)29)10-43-30-11-25-27-28-30/h4-7,11,16,19H,8-10H2,1-3H3,(H,26,35)(H,37,38)/t16?,19-,21?,22?/m1/s1. The number of fused-ring (bicyclic) bond motifs is 1. The van der Waals surface area contributed by atoms with Gasteiger partial charge in [0.05, 0.1) is 17.5 Å². The van der Waals surface area contributed by atoms with Crippen LogP contribution in [0.3, 0.4) is 0 Å². The molecule has 1 aromatic carbocycles. The maximum Gasteiger partial charge on any atom is 0.331 e. The van der Waals surface area contributed by atoms with Crippen molar-refractivity contribution in [3.05, 3.63) is 36.2 Å². The van der Waals surface area contributed by atoms with Crippen LogP contribution in [0, 0.1) is 5.41 Å². The molecule has 1 aromatic heterocycles. The number of carboxylic acid groups (broad SMARTS) is 1. The Balaban J connectivity index is 1.54. The van der Waals surface area contributed by atoms with Crippen LogP contribution in [0.4, 0.5) is 5.69 Å². The lowest BCUT2D eigenvalue weighted by molar-refractivity contribution is -0.203. The number of ether oxygens (including phenoxy) is 1. The number of hydrogen-bond acceptors (Lipinski definition) is 15. The molecule has 2 fully saturated rings. The summed E-state index contributed by atoms with van der Waals surface area (Å²) in [6.45, 7) is 2.07. The SMILES string of the molecule is COC1(NC(=O)C(c2ccc(N(Cl)OC(C)=O)cc2)N(Cl)OC(C)=O)C(=O)N2CC(CSn3cnnn3)(C(=O)O)CS[C@@H]21. The fourth-order valence-electron chi connectivity index (χ4n) is 4.31. The number of anilines is 1. The van der Waals surface area contributed by atoms with Gasteiger partial charge >= 0.3 is 17.9 Å². The van der Waals surface area contributed by atoms with Gasteiger partial charge in [0.25, 0.3) is 11.6 Å². The molecule has 0 saturated carbocycles. The van der Waals surface area contributed by atoms with E-state index in [1.54, 1.807) is 0 Å². The minimum absolute atomic E-state index is 0.0576. The molecule has 4 rings (SSSR count). The summed E-state index contributed by atoms with van der Waals surface area (Å²) in [6, 6.07) is 4.13. The number of carbonyl (C=O) groups is 5. The van der Waals surface area contributed by atoms with Crippen LogP contribution in [0.2, 0.25) is 0 Å². The average molecular weight is 680 g/mol. The number of β-lactam (4-membered cyclic amide) rings is 1. The van der Waals surface area contributed by atoms with E-state index in [9.17, 15) is 29.1 Å². The molecule has 17 nitrogen and oxygen atoms in total. The smallest absolute Gasteiger partial charge is 0.331 e. The molecule has 2 aromatic rings.